The summed E-state index contributed by atoms with van der Waals surface area (Å²) in [4.78, 5) is 16.8. The van der Waals surface area contributed by atoms with E-state index in [1.54, 1.807) is 6.92 Å². The van der Waals surface area contributed by atoms with Crippen LogP contribution in [0.5, 0.6) is 0 Å². The van der Waals surface area contributed by atoms with Gasteiger partial charge in [-0.05, 0) is 36.7 Å². The molecule has 3 rings (SSSR count). The first kappa shape index (κ1) is 17.0. The number of nitrogens with zero attached hydrogens (tertiary/aromatic N) is 3. The average Bonchev–Trinajstić information content (AvgIpc) is 2.89. The molecule has 0 unspecified atom stereocenters. The first-order valence-corrected chi connectivity index (χ1v) is 9.30. The molecule has 0 aliphatic carbocycles. The van der Waals surface area contributed by atoms with Crippen LogP contribution >= 0.6 is 23.1 Å². The molecule has 0 bridgehead atoms. The van der Waals surface area contributed by atoms with E-state index >= 15 is 0 Å². The van der Waals surface area contributed by atoms with E-state index in [9.17, 15) is 13.2 Å². The molecule has 0 aliphatic rings. The quantitative estimate of drug-likeness (QED) is 0.687. The van der Waals surface area contributed by atoms with E-state index in [1.165, 1.54) is 32.3 Å². The Hall–Kier alpha value is -1.81. The predicted molar refractivity (Wildman–Crippen MR) is 92.0 cm³/mol. The van der Waals surface area contributed by atoms with Gasteiger partial charge in [-0.3, -0.25) is 0 Å². The second kappa shape index (κ2) is 5.92. The molecule has 1 aromatic carbocycles. The summed E-state index contributed by atoms with van der Waals surface area (Å²) in [6.07, 6.45) is 0. The predicted octanol–water partition coefficient (Wildman–Crippen LogP) is 2.52. The summed E-state index contributed by atoms with van der Waals surface area (Å²) in [5.41, 5.74) is 0.181. The molecule has 0 spiro atoms. The first-order chi connectivity index (χ1) is 11.2. The van der Waals surface area contributed by atoms with Crippen LogP contribution in [0.15, 0.2) is 32.3 Å². The van der Waals surface area contributed by atoms with Gasteiger partial charge in [0, 0.05) is 14.1 Å². The van der Waals surface area contributed by atoms with Crippen molar-refractivity contribution in [3.63, 3.8) is 0 Å². The normalized spacial score (nSPS) is 12.2. The van der Waals surface area contributed by atoms with Crippen molar-refractivity contribution in [1.29, 1.82) is 0 Å². The zero-order valence-corrected chi connectivity index (χ0v) is 15.3. The standard InChI is InChI=1S/C14H12ClN3O4S2/c1-7-11-13(23-17-7)16-12(22-14(11)19)9-6-8(4-5-10(9)15)24(20,21)18(2)3/h4-6H,1-3H3. The second-order valence-corrected chi connectivity index (χ2v) is 8.49. The van der Waals surface area contributed by atoms with E-state index in [1.807, 2.05) is 0 Å². The number of hydrogen-bond acceptors (Lipinski definition) is 7. The van der Waals surface area contributed by atoms with Gasteiger partial charge in [0.25, 0.3) is 0 Å². The summed E-state index contributed by atoms with van der Waals surface area (Å²) >= 11 is 7.21. The van der Waals surface area contributed by atoms with Crippen molar-refractivity contribution in [2.45, 2.75) is 11.8 Å². The Morgan fingerprint density at radius 3 is 2.67 bits per heavy atom. The minimum absolute atomic E-state index is 0.0249. The molecular formula is C14H12ClN3O4S2. The van der Waals surface area contributed by atoms with Crippen molar-refractivity contribution in [3.8, 4) is 11.5 Å². The van der Waals surface area contributed by atoms with Crippen LogP contribution < -0.4 is 5.63 Å². The highest BCUT2D eigenvalue weighted by Crippen LogP contribution is 2.31. The smallest absolute Gasteiger partial charge is 0.349 e. The number of sulfonamides is 1. The molecule has 0 atom stereocenters. The van der Waals surface area contributed by atoms with E-state index in [0.29, 0.717) is 15.9 Å². The highest BCUT2D eigenvalue weighted by molar-refractivity contribution is 7.89. The number of rotatable bonds is 3. The molecule has 3 aromatic rings. The molecule has 126 valence electrons. The Labute approximate surface area is 146 Å². The van der Waals surface area contributed by atoms with Gasteiger partial charge in [0.2, 0.25) is 15.9 Å². The Morgan fingerprint density at radius 1 is 1.29 bits per heavy atom. The van der Waals surface area contributed by atoms with Gasteiger partial charge in [0.15, 0.2) is 4.83 Å². The van der Waals surface area contributed by atoms with Crippen LogP contribution in [-0.2, 0) is 10.0 Å². The maximum absolute atomic E-state index is 12.3. The summed E-state index contributed by atoms with van der Waals surface area (Å²) in [6, 6.07) is 4.15. The molecule has 2 aromatic heterocycles. The fourth-order valence-electron chi connectivity index (χ4n) is 2.08. The van der Waals surface area contributed by atoms with Gasteiger partial charge >= 0.3 is 5.63 Å². The van der Waals surface area contributed by atoms with E-state index < -0.39 is 15.6 Å². The highest BCUT2D eigenvalue weighted by Gasteiger charge is 2.21. The average molecular weight is 386 g/mol. The summed E-state index contributed by atoms with van der Waals surface area (Å²) in [5.74, 6) is -0.0445. The van der Waals surface area contributed by atoms with Crippen LogP contribution in [-0.4, -0.2) is 36.2 Å². The zero-order valence-electron chi connectivity index (χ0n) is 12.9. The summed E-state index contributed by atoms with van der Waals surface area (Å²) in [5, 5.41) is 0.542. The number of fused-ring (bicyclic) bond motifs is 1. The van der Waals surface area contributed by atoms with E-state index in [0.717, 1.165) is 15.8 Å². The molecule has 0 aliphatic heterocycles. The van der Waals surface area contributed by atoms with Crippen LogP contribution in [0, 0.1) is 6.92 Å². The molecule has 0 N–H and O–H groups in total. The Bertz CT molecular complexity index is 1100. The second-order valence-electron chi connectivity index (χ2n) is 5.18. The van der Waals surface area contributed by atoms with Gasteiger partial charge in [0.05, 0.1) is 21.2 Å². The third-order valence-electron chi connectivity index (χ3n) is 3.39. The molecule has 7 nitrogen and oxygen atoms in total. The van der Waals surface area contributed by atoms with E-state index in [2.05, 4.69) is 9.36 Å². The van der Waals surface area contributed by atoms with E-state index in [4.69, 9.17) is 16.0 Å². The molecular weight excluding hydrogens is 374 g/mol. The summed E-state index contributed by atoms with van der Waals surface area (Å²) in [6.45, 7) is 1.69. The molecule has 10 heteroatoms. The molecule has 0 amide bonds. The third kappa shape index (κ3) is 2.73. The van der Waals surface area contributed by atoms with Crippen LogP contribution in [0.3, 0.4) is 0 Å². The minimum Gasteiger partial charge on any atom is -0.403 e. The lowest BCUT2D eigenvalue weighted by Gasteiger charge is -2.12. The van der Waals surface area contributed by atoms with Crippen LogP contribution in [0.2, 0.25) is 5.02 Å². The van der Waals surface area contributed by atoms with Gasteiger partial charge in [-0.25, -0.2) is 17.5 Å². The lowest BCUT2D eigenvalue weighted by atomic mass is 10.2. The number of aromatic nitrogens is 2. The fourth-order valence-corrected chi connectivity index (χ4v) is 3.97. The molecule has 0 saturated carbocycles. The van der Waals surface area contributed by atoms with Crippen molar-refractivity contribution in [2.75, 3.05) is 14.1 Å². The van der Waals surface area contributed by atoms with Crippen molar-refractivity contribution >= 4 is 43.4 Å². The maximum Gasteiger partial charge on any atom is 0.349 e. The van der Waals surface area contributed by atoms with Crippen LogP contribution in [0.25, 0.3) is 21.7 Å². The lowest BCUT2D eigenvalue weighted by molar-refractivity contribution is 0.517. The molecule has 2 heterocycles. The summed E-state index contributed by atoms with van der Waals surface area (Å²) < 4.78 is 34.9. The van der Waals surface area contributed by atoms with Crippen molar-refractivity contribution in [2.24, 2.45) is 0 Å². The SMILES string of the molecule is Cc1nsc2nc(-c3cc(S(=O)(=O)N(C)C)ccc3Cl)oc(=O)c12. The highest BCUT2D eigenvalue weighted by atomic mass is 35.5. The Morgan fingerprint density at radius 2 is 2.00 bits per heavy atom. The van der Waals surface area contributed by atoms with Gasteiger partial charge < -0.3 is 4.42 Å². The van der Waals surface area contributed by atoms with Crippen molar-refractivity contribution < 1.29 is 12.8 Å². The Balaban J connectivity index is 2.25. The van der Waals surface area contributed by atoms with Gasteiger partial charge in [-0.1, -0.05) is 11.6 Å². The Kier molecular flexibility index (Phi) is 4.20. The molecule has 0 radical (unpaired) electrons. The largest absolute Gasteiger partial charge is 0.403 e. The first-order valence-electron chi connectivity index (χ1n) is 6.71. The zero-order chi connectivity index (χ0) is 17.6. The minimum atomic E-state index is -3.66. The number of hydrogen-bond donors (Lipinski definition) is 0. The van der Waals surface area contributed by atoms with Gasteiger partial charge in [-0.2, -0.15) is 9.36 Å². The lowest BCUT2D eigenvalue weighted by Crippen LogP contribution is -2.22. The maximum atomic E-state index is 12.3. The monoisotopic (exact) mass is 385 g/mol. The molecule has 0 fully saturated rings. The fraction of sp³-hybridized carbons (Fsp3) is 0.214. The number of aryl methyl sites for hydroxylation is 1. The van der Waals surface area contributed by atoms with Crippen molar-refractivity contribution in [3.05, 3.63) is 39.3 Å². The van der Waals surface area contributed by atoms with Gasteiger partial charge in [-0.15, -0.1) is 0 Å². The summed E-state index contributed by atoms with van der Waals surface area (Å²) in [7, 11) is -0.806. The van der Waals surface area contributed by atoms with Gasteiger partial charge in [0.1, 0.15) is 5.39 Å². The molecule has 24 heavy (non-hydrogen) atoms. The van der Waals surface area contributed by atoms with Crippen LogP contribution in [0.4, 0.5) is 0 Å². The van der Waals surface area contributed by atoms with E-state index in [-0.39, 0.29) is 21.4 Å². The number of halogens is 1. The molecule has 0 saturated heterocycles. The third-order valence-corrected chi connectivity index (χ3v) is 6.36. The topological polar surface area (TPSA) is 93.4 Å². The van der Waals surface area contributed by atoms with Crippen molar-refractivity contribution in [1.82, 2.24) is 13.7 Å². The number of benzene rings is 1. The van der Waals surface area contributed by atoms with Crippen LogP contribution in [0.1, 0.15) is 5.69 Å².